The Morgan fingerprint density at radius 2 is 1.52 bits per heavy atom. The molecule has 1 aromatic carbocycles. The van der Waals surface area contributed by atoms with Crippen LogP contribution in [-0.4, -0.2) is 33.2 Å². The van der Waals surface area contributed by atoms with Crippen LogP contribution in [0, 0.1) is 19.8 Å². The molecule has 0 bridgehead atoms. The van der Waals surface area contributed by atoms with Gasteiger partial charge in [-0.1, -0.05) is 35.4 Å². The van der Waals surface area contributed by atoms with E-state index < -0.39 is 32.0 Å². The van der Waals surface area contributed by atoms with Gasteiger partial charge in [0, 0.05) is 6.42 Å². The van der Waals surface area contributed by atoms with Crippen LogP contribution < -0.4 is 0 Å². The largest absolute Gasteiger partial charge is 0.506 e. The van der Waals surface area contributed by atoms with Gasteiger partial charge in [0.05, 0.1) is 0 Å². The molecule has 1 aromatic rings. The molecule has 3 N–H and O–H groups in total. The number of aryl methyl sites for hydroxylation is 2. The summed E-state index contributed by atoms with van der Waals surface area (Å²) in [5.41, 5.74) is 2.66. The van der Waals surface area contributed by atoms with E-state index in [1.807, 2.05) is 0 Å². The summed E-state index contributed by atoms with van der Waals surface area (Å²) in [6, 6.07) is 8.48. The molecule has 7 heteroatoms. The fraction of sp³-hybridized carbons (Fsp3) is 0.429. The second kappa shape index (κ2) is 10.0. The number of carboxylic acid groups (broad SMARTS) is 2. The lowest BCUT2D eigenvalue weighted by molar-refractivity contribution is -0.142. The van der Waals surface area contributed by atoms with Crippen molar-refractivity contribution >= 4 is 20.0 Å². The Morgan fingerprint density at radius 3 is 1.81 bits per heavy atom. The average molecular weight is 315 g/mol. The van der Waals surface area contributed by atoms with Gasteiger partial charge in [0.25, 0.3) is 0 Å². The third-order valence-electron chi connectivity index (χ3n) is 2.65. The van der Waals surface area contributed by atoms with Crippen LogP contribution in [0.1, 0.15) is 24.0 Å². The lowest BCUT2D eigenvalue weighted by Gasteiger charge is -2.02. The lowest BCUT2D eigenvalue weighted by Crippen LogP contribution is -2.17. The molecule has 2 atom stereocenters. The fourth-order valence-corrected chi connectivity index (χ4v) is 2.13. The third-order valence-corrected chi connectivity index (χ3v) is 3.40. The summed E-state index contributed by atoms with van der Waals surface area (Å²) < 4.78 is 10.3. The van der Waals surface area contributed by atoms with Gasteiger partial charge >= 0.3 is 20.0 Å². The van der Waals surface area contributed by atoms with Gasteiger partial charge in [-0.3, -0.25) is 9.59 Å². The maximum Gasteiger partial charge on any atom is 0.506 e. The van der Waals surface area contributed by atoms with E-state index in [9.17, 15) is 14.2 Å². The van der Waals surface area contributed by atoms with Gasteiger partial charge in [-0.2, -0.15) is 4.89 Å². The van der Waals surface area contributed by atoms with Crippen LogP contribution in [0.3, 0.4) is 0 Å². The van der Waals surface area contributed by atoms with Crippen LogP contribution in [0.25, 0.3) is 0 Å². The van der Waals surface area contributed by atoms with E-state index in [0.717, 1.165) is 0 Å². The lowest BCUT2D eigenvalue weighted by atomic mass is 10.1. The molecule has 2 unspecified atom stereocenters. The second-order valence-corrected chi connectivity index (χ2v) is 5.73. The van der Waals surface area contributed by atoms with Crippen molar-refractivity contribution < 1.29 is 29.3 Å². The van der Waals surface area contributed by atoms with Crippen LogP contribution in [0.5, 0.6) is 0 Å². The standard InChI is InChI=1S/C8H10.C6H9O6P/c1-7-3-5-8(2)6-4-7;7-5(8)2-1-4(6(9)10)3-13(11)12/h3-6H,1-2H3;4H,1-3H2,(H2-,7,8,9,10,11,12)/p+1. The molecular formula is C14H20O6P+. The Hall–Kier alpha value is -1.78. The van der Waals surface area contributed by atoms with Crippen LogP contribution in [0.4, 0.5) is 0 Å². The van der Waals surface area contributed by atoms with Gasteiger partial charge in [-0.05, 0) is 24.8 Å². The van der Waals surface area contributed by atoms with E-state index in [1.54, 1.807) is 0 Å². The summed E-state index contributed by atoms with van der Waals surface area (Å²) in [7, 11) is -2.53. The highest BCUT2D eigenvalue weighted by molar-refractivity contribution is 7.38. The highest BCUT2D eigenvalue weighted by atomic mass is 31.1. The molecule has 0 aliphatic carbocycles. The summed E-state index contributed by atoms with van der Waals surface area (Å²) in [5.74, 6) is -3.40. The molecule has 0 aromatic heterocycles. The van der Waals surface area contributed by atoms with Gasteiger partial charge in [0.15, 0.2) is 6.16 Å². The van der Waals surface area contributed by atoms with Gasteiger partial charge in [0.2, 0.25) is 0 Å². The van der Waals surface area contributed by atoms with Crippen molar-refractivity contribution in [3.05, 3.63) is 35.4 Å². The summed E-state index contributed by atoms with van der Waals surface area (Å²) in [6.45, 7) is 4.19. The first-order chi connectivity index (χ1) is 9.72. The summed E-state index contributed by atoms with van der Waals surface area (Å²) >= 11 is 0. The highest BCUT2D eigenvalue weighted by Crippen LogP contribution is 2.21. The molecule has 0 aliphatic rings. The zero-order valence-corrected chi connectivity index (χ0v) is 12.9. The topological polar surface area (TPSA) is 112 Å². The van der Waals surface area contributed by atoms with Gasteiger partial charge in [-0.25, -0.2) is 0 Å². The van der Waals surface area contributed by atoms with Gasteiger partial charge in [-0.15, -0.1) is 0 Å². The fourth-order valence-electron chi connectivity index (χ4n) is 1.42. The summed E-state index contributed by atoms with van der Waals surface area (Å²) in [4.78, 5) is 28.9. The van der Waals surface area contributed by atoms with Crippen molar-refractivity contribution in [3.8, 4) is 0 Å². The smallest absolute Gasteiger partial charge is 0.481 e. The molecule has 0 saturated carbocycles. The van der Waals surface area contributed by atoms with E-state index in [2.05, 4.69) is 38.1 Å². The zero-order chi connectivity index (χ0) is 16.4. The monoisotopic (exact) mass is 315 g/mol. The van der Waals surface area contributed by atoms with Crippen molar-refractivity contribution in [2.75, 3.05) is 6.16 Å². The molecule has 116 valence electrons. The van der Waals surface area contributed by atoms with Crippen molar-refractivity contribution in [3.63, 3.8) is 0 Å². The zero-order valence-electron chi connectivity index (χ0n) is 12.0. The first-order valence-electron chi connectivity index (χ1n) is 6.33. The Balaban J connectivity index is 0.000000423. The van der Waals surface area contributed by atoms with Crippen LogP contribution in [-0.2, 0) is 14.2 Å². The van der Waals surface area contributed by atoms with Gasteiger partial charge in [0.1, 0.15) is 5.92 Å². The van der Waals surface area contributed by atoms with E-state index in [0.29, 0.717) is 0 Å². The first-order valence-corrected chi connectivity index (χ1v) is 7.73. The minimum absolute atomic E-state index is 0.119. The number of hydrogen-bond acceptors (Lipinski definition) is 3. The van der Waals surface area contributed by atoms with Crippen molar-refractivity contribution in [2.45, 2.75) is 26.7 Å². The molecule has 0 aliphatic heterocycles. The normalized spacial score (nSPS) is 11.9. The van der Waals surface area contributed by atoms with Crippen molar-refractivity contribution in [1.29, 1.82) is 0 Å². The first kappa shape index (κ1) is 19.2. The van der Waals surface area contributed by atoms with Crippen molar-refractivity contribution in [1.82, 2.24) is 0 Å². The summed E-state index contributed by atoms with van der Waals surface area (Å²) in [6.07, 6.45) is -0.815. The molecule has 0 radical (unpaired) electrons. The number of benzene rings is 1. The molecule has 0 spiro atoms. The SMILES string of the molecule is Cc1ccc(C)cc1.O=C(O)CCC(C[P+](=O)O)C(=O)O. The average Bonchev–Trinajstić information content (AvgIpc) is 2.38. The molecule has 0 saturated heterocycles. The Bertz CT molecular complexity index is 462. The van der Waals surface area contributed by atoms with E-state index in [-0.39, 0.29) is 12.8 Å². The molecule has 6 nitrogen and oxygen atoms in total. The van der Waals surface area contributed by atoms with Gasteiger partial charge < -0.3 is 10.2 Å². The highest BCUT2D eigenvalue weighted by Gasteiger charge is 2.27. The maximum atomic E-state index is 10.4. The van der Waals surface area contributed by atoms with E-state index >= 15 is 0 Å². The van der Waals surface area contributed by atoms with E-state index in [1.165, 1.54) is 11.1 Å². The number of carbonyl (C=O) groups is 2. The predicted octanol–water partition coefficient (Wildman–Crippen LogP) is 2.59. The Kier molecular flexibility index (Phi) is 9.17. The third kappa shape index (κ3) is 10.6. The minimum atomic E-state index is -2.53. The number of rotatable bonds is 6. The Labute approximate surface area is 124 Å². The molecule has 21 heavy (non-hydrogen) atoms. The minimum Gasteiger partial charge on any atom is -0.481 e. The van der Waals surface area contributed by atoms with Crippen LogP contribution in [0.2, 0.25) is 0 Å². The number of aliphatic carboxylic acids is 2. The molecular weight excluding hydrogens is 295 g/mol. The summed E-state index contributed by atoms with van der Waals surface area (Å²) in [5, 5.41) is 16.8. The molecule has 0 heterocycles. The second-order valence-electron chi connectivity index (χ2n) is 4.66. The van der Waals surface area contributed by atoms with Crippen LogP contribution in [0.15, 0.2) is 24.3 Å². The molecule has 1 rings (SSSR count). The molecule has 0 fully saturated rings. The van der Waals surface area contributed by atoms with E-state index in [4.69, 9.17) is 15.1 Å². The number of hydrogen-bond donors (Lipinski definition) is 3. The Morgan fingerprint density at radius 1 is 1.10 bits per heavy atom. The predicted molar refractivity (Wildman–Crippen MR) is 78.6 cm³/mol. The van der Waals surface area contributed by atoms with Crippen LogP contribution >= 0.6 is 8.03 Å². The maximum absolute atomic E-state index is 10.4. The van der Waals surface area contributed by atoms with Crippen molar-refractivity contribution in [2.24, 2.45) is 5.92 Å². The quantitative estimate of drug-likeness (QED) is 0.696. The molecule has 0 amide bonds. The number of carboxylic acids is 2.